The molecule has 1 aromatic carbocycles. The van der Waals surface area contributed by atoms with E-state index in [2.05, 4.69) is 33.9 Å². The Balaban J connectivity index is 2.50. The quantitative estimate of drug-likeness (QED) is 0.626. The number of aliphatic hydroxyl groups excluding tert-OH is 2. The third-order valence-corrected chi connectivity index (χ3v) is 9.86. The molecule has 0 fully saturated rings. The monoisotopic (exact) mass is 408 g/mol. The van der Waals surface area contributed by atoms with E-state index < -0.39 is 21.0 Å². The maximum absolute atomic E-state index is 9.85. The minimum Gasteiger partial charge on any atom is -0.497 e. The Morgan fingerprint density at radius 3 is 2.32 bits per heavy atom. The average Bonchev–Trinajstić information content (AvgIpc) is 3.13. The standard InChI is InChI=1S/C21H32O6Si/c1-21(2,3)28(6,7)26-13-14-10-15(24-4)11-19(25-5)20(14)18-9-8-17(27-18)16(23)12-22/h8-11,16,22-23H,12-13H2,1-7H3/t16-/m1/s1. The molecule has 2 rings (SSSR count). The van der Waals surface area contributed by atoms with Gasteiger partial charge in [-0.05, 0) is 41.9 Å². The number of methoxy groups -OCH3 is 2. The number of aliphatic hydroxyl groups is 2. The molecule has 0 bridgehead atoms. The number of hydrogen-bond donors (Lipinski definition) is 2. The molecule has 6 nitrogen and oxygen atoms in total. The summed E-state index contributed by atoms with van der Waals surface area (Å²) < 4.78 is 23.2. The summed E-state index contributed by atoms with van der Waals surface area (Å²) in [6.07, 6.45) is -1.06. The molecule has 28 heavy (non-hydrogen) atoms. The van der Waals surface area contributed by atoms with Crippen molar-refractivity contribution in [2.24, 2.45) is 0 Å². The van der Waals surface area contributed by atoms with Gasteiger partial charge in [-0.2, -0.15) is 0 Å². The van der Waals surface area contributed by atoms with Crippen LogP contribution in [-0.4, -0.2) is 39.4 Å². The van der Waals surface area contributed by atoms with E-state index in [0.717, 1.165) is 11.1 Å². The Morgan fingerprint density at radius 1 is 1.11 bits per heavy atom. The van der Waals surface area contributed by atoms with Crippen LogP contribution in [0.3, 0.4) is 0 Å². The molecule has 2 N–H and O–H groups in total. The van der Waals surface area contributed by atoms with Crippen molar-refractivity contribution in [3.63, 3.8) is 0 Å². The van der Waals surface area contributed by atoms with E-state index >= 15 is 0 Å². The summed E-state index contributed by atoms with van der Waals surface area (Å²) in [6, 6.07) is 7.11. The molecule has 1 aromatic heterocycles. The molecule has 0 unspecified atom stereocenters. The van der Waals surface area contributed by atoms with Crippen LogP contribution in [0.4, 0.5) is 0 Å². The van der Waals surface area contributed by atoms with Crippen molar-refractivity contribution >= 4 is 8.32 Å². The summed E-state index contributed by atoms with van der Waals surface area (Å²) in [5.74, 6) is 2.09. The van der Waals surface area contributed by atoms with Crippen LogP contribution in [0.15, 0.2) is 28.7 Å². The zero-order valence-electron chi connectivity index (χ0n) is 17.8. The zero-order chi connectivity index (χ0) is 21.1. The van der Waals surface area contributed by atoms with Crippen LogP contribution in [0.1, 0.15) is 38.2 Å². The molecule has 7 heteroatoms. The van der Waals surface area contributed by atoms with Crippen LogP contribution < -0.4 is 9.47 Å². The minimum absolute atomic E-state index is 0.0825. The maximum Gasteiger partial charge on any atom is 0.192 e. The van der Waals surface area contributed by atoms with Crippen molar-refractivity contribution in [2.75, 3.05) is 20.8 Å². The molecule has 1 atom stereocenters. The smallest absolute Gasteiger partial charge is 0.192 e. The van der Waals surface area contributed by atoms with Gasteiger partial charge in [0, 0.05) is 6.07 Å². The second kappa shape index (κ2) is 8.69. The van der Waals surface area contributed by atoms with Gasteiger partial charge in [-0.15, -0.1) is 0 Å². The van der Waals surface area contributed by atoms with Crippen molar-refractivity contribution in [1.29, 1.82) is 0 Å². The number of hydrogen-bond acceptors (Lipinski definition) is 6. The molecule has 0 amide bonds. The highest BCUT2D eigenvalue weighted by Gasteiger charge is 2.37. The van der Waals surface area contributed by atoms with Crippen LogP contribution in [-0.2, 0) is 11.0 Å². The predicted molar refractivity (Wildman–Crippen MR) is 111 cm³/mol. The van der Waals surface area contributed by atoms with E-state index in [4.69, 9.17) is 18.3 Å². The lowest BCUT2D eigenvalue weighted by molar-refractivity contribution is 0.0781. The minimum atomic E-state index is -1.97. The Morgan fingerprint density at radius 2 is 1.79 bits per heavy atom. The van der Waals surface area contributed by atoms with Gasteiger partial charge in [0.05, 0.1) is 33.0 Å². The van der Waals surface area contributed by atoms with E-state index in [1.165, 1.54) is 0 Å². The van der Waals surface area contributed by atoms with Gasteiger partial charge >= 0.3 is 0 Å². The summed E-state index contributed by atoms with van der Waals surface area (Å²) in [5.41, 5.74) is 1.62. The van der Waals surface area contributed by atoms with Gasteiger partial charge in [-0.3, -0.25) is 0 Å². The molecule has 0 aliphatic carbocycles. The fraction of sp³-hybridized carbons (Fsp3) is 0.524. The van der Waals surface area contributed by atoms with Crippen LogP contribution in [0.25, 0.3) is 11.3 Å². The van der Waals surface area contributed by atoms with E-state index in [-0.39, 0.29) is 5.04 Å². The fourth-order valence-electron chi connectivity index (χ4n) is 2.55. The average molecular weight is 409 g/mol. The molecule has 0 saturated carbocycles. The zero-order valence-corrected chi connectivity index (χ0v) is 18.8. The second-order valence-electron chi connectivity index (χ2n) is 8.31. The third kappa shape index (κ3) is 4.78. The molecule has 0 aliphatic rings. The van der Waals surface area contributed by atoms with Gasteiger partial charge in [0.25, 0.3) is 0 Å². The van der Waals surface area contributed by atoms with Gasteiger partial charge in [0.15, 0.2) is 8.32 Å². The van der Waals surface area contributed by atoms with Crippen molar-refractivity contribution in [1.82, 2.24) is 0 Å². The summed E-state index contributed by atoms with van der Waals surface area (Å²) in [5, 5.41) is 19.1. The van der Waals surface area contributed by atoms with E-state index in [9.17, 15) is 10.2 Å². The fourth-order valence-corrected chi connectivity index (χ4v) is 3.50. The Hall–Kier alpha value is -1.80. The normalized spacial score (nSPS) is 13.5. The molecule has 0 saturated heterocycles. The first kappa shape index (κ1) is 22.5. The first-order chi connectivity index (χ1) is 13.0. The number of rotatable bonds is 8. The predicted octanol–water partition coefficient (Wildman–Crippen LogP) is 4.51. The van der Waals surface area contributed by atoms with Crippen molar-refractivity contribution in [3.8, 4) is 22.8 Å². The van der Waals surface area contributed by atoms with Crippen molar-refractivity contribution < 1.29 is 28.5 Å². The highest BCUT2D eigenvalue weighted by molar-refractivity contribution is 6.74. The summed E-state index contributed by atoms with van der Waals surface area (Å²) >= 11 is 0. The molecule has 0 spiro atoms. The Labute approximate surface area is 168 Å². The summed E-state index contributed by atoms with van der Waals surface area (Å²) in [6.45, 7) is 11.0. The molecular weight excluding hydrogens is 376 g/mol. The van der Waals surface area contributed by atoms with Crippen LogP contribution in [0.2, 0.25) is 18.1 Å². The van der Waals surface area contributed by atoms with Crippen LogP contribution in [0.5, 0.6) is 11.5 Å². The molecule has 156 valence electrons. The Kier molecular flexibility index (Phi) is 6.98. The topological polar surface area (TPSA) is 81.3 Å². The summed E-state index contributed by atoms with van der Waals surface area (Å²) in [4.78, 5) is 0. The van der Waals surface area contributed by atoms with E-state index in [0.29, 0.717) is 29.6 Å². The van der Waals surface area contributed by atoms with Crippen molar-refractivity contribution in [3.05, 3.63) is 35.6 Å². The van der Waals surface area contributed by atoms with E-state index in [1.54, 1.807) is 32.4 Å². The number of furan rings is 1. The molecule has 2 aromatic rings. The highest BCUT2D eigenvalue weighted by atomic mass is 28.4. The van der Waals surface area contributed by atoms with E-state index in [1.807, 2.05) is 6.07 Å². The van der Waals surface area contributed by atoms with Crippen molar-refractivity contribution in [2.45, 2.75) is 51.6 Å². The van der Waals surface area contributed by atoms with Crippen LogP contribution >= 0.6 is 0 Å². The SMILES string of the molecule is COc1cc(CO[Si](C)(C)C(C)(C)C)c(-c2ccc([C@H](O)CO)o2)c(OC)c1. The largest absolute Gasteiger partial charge is 0.497 e. The third-order valence-electron chi connectivity index (χ3n) is 5.38. The number of benzene rings is 1. The lowest BCUT2D eigenvalue weighted by Gasteiger charge is -2.36. The number of ether oxygens (including phenoxy) is 2. The molecule has 1 heterocycles. The first-order valence-corrected chi connectivity index (χ1v) is 12.2. The van der Waals surface area contributed by atoms with Gasteiger partial charge in [0.1, 0.15) is 29.1 Å². The molecular formula is C21H32O6Si. The highest BCUT2D eigenvalue weighted by Crippen LogP contribution is 2.41. The first-order valence-electron chi connectivity index (χ1n) is 9.32. The molecule has 0 aliphatic heterocycles. The van der Waals surface area contributed by atoms with Gasteiger partial charge < -0.3 is 28.5 Å². The summed E-state index contributed by atoms with van der Waals surface area (Å²) in [7, 11) is 1.22. The van der Waals surface area contributed by atoms with Gasteiger partial charge in [-0.1, -0.05) is 20.8 Å². The Bertz CT molecular complexity index is 791. The lowest BCUT2D eigenvalue weighted by atomic mass is 10.0. The maximum atomic E-state index is 9.85. The van der Waals surface area contributed by atoms with Gasteiger partial charge in [0.2, 0.25) is 0 Å². The second-order valence-corrected chi connectivity index (χ2v) is 13.1. The lowest BCUT2D eigenvalue weighted by Crippen LogP contribution is -2.40. The van der Waals surface area contributed by atoms with Gasteiger partial charge in [-0.25, -0.2) is 0 Å². The van der Waals surface area contributed by atoms with Crippen LogP contribution in [0, 0.1) is 0 Å². The molecule has 0 radical (unpaired) electrons.